The first-order valence-corrected chi connectivity index (χ1v) is 9.94. The van der Waals surface area contributed by atoms with Crippen LogP contribution in [0.4, 0.5) is 17.2 Å². The van der Waals surface area contributed by atoms with Gasteiger partial charge in [0.1, 0.15) is 5.82 Å². The van der Waals surface area contributed by atoms with Crippen LogP contribution in [0, 0.1) is 5.92 Å². The Labute approximate surface area is 168 Å². The summed E-state index contributed by atoms with van der Waals surface area (Å²) >= 11 is 0. The molecule has 0 spiro atoms. The first-order valence-electron chi connectivity index (χ1n) is 9.94. The lowest BCUT2D eigenvalue weighted by Crippen LogP contribution is -2.36. The van der Waals surface area contributed by atoms with E-state index in [0.29, 0.717) is 30.1 Å². The van der Waals surface area contributed by atoms with E-state index in [1.54, 1.807) is 35.4 Å². The van der Waals surface area contributed by atoms with E-state index in [2.05, 4.69) is 30.6 Å². The minimum atomic E-state index is -0.237. The molecule has 2 fully saturated rings. The van der Waals surface area contributed by atoms with Crippen LogP contribution in [-0.4, -0.2) is 58.3 Å². The largest absolute Gasteiger partial charge is 0.378 e. The van der Waals surface area contributed by atoms with Crippen molar-refractivity contribution in [1.29, 1.82) is 0 Å². The molecule has 1 saturated carbocycles. The van der Waals surface area contributed by atoms with Crippen LogP contribution in [0.1, 0.15) is 23.2 Å². The molecule has 2 N–H and O–H groups in total. The normalized spacial score (nSPS) is 16.8. The molecule has 0 radical (unpaired) electrons. The third kappa shape index (κ3) is 3.73. The number of hydrogen-bond acceptors (Lipinski definition) is 7. The van der Waals surface area contributed by atoms with E-state index in [4.69, 9.17) is 4.74 Å². The zero-order chi connectivity index (χ0) is 19.6. The smallest absolute Gasteiger partial charge is 0.259 e. The van der Waals surface area contributed by atoms with Gasteiger partial charge >= 0.3 is 0 Å². The molecule has 0 atom stereocenters. The van der Waals surface area contributed by atoms with Crippen molar-refractivity contribution in [2.45, 2.75) is 12.8 Å². The second kappa shape index (κ2) is 7.67. The number of fused-ring (bicyclic) bond motifs is 1. The van der Waals surface area contributed by atoms with Gasteiger partial charge in [-0.3, -0.25) is 9.78 Å². The first kappa shape index (κ1) is 17.9. The Morgan fingerprint density at radius 1 is 1.17 bits per heavy atom. The van der Waals surface area contributed by atoms with Gasteiger partial charge < -0.3 is 20.3 Å². The first-order chi connectivity index (χ1) is 14.3. The second-order valence-electron chi connectivity index (χ2n) is 7.39. The fraction of sp³-hybridized carbons (Fsp3) is 0.400. The summed E-state index contributed by atoms with van der Waals surface area (Å²) in [4.78, 5) is 23.9. The standard InChI is InChI=1S/C20H23N7O2/c28-20(25-16-12-21-5-4-17(16)26-7-9-29-10-8-26)15-3-6-24-27-18(13-23-19(15)27)22-11-14-1-2-14/h3-6,12-14,22H,1-2,7-11H2,(H,25,28). The average Bonchev–Trinajstić information content (AvgIpc) is 3.51. The Bertz CT molecular complexity index is 1020. The molecule has 1 aliphatic carbocycles. The third-order valence-corrected chi connectivity index (χ3v) is 5.31. The second-order valence-corrected chi connectivity index (χ2v) is 7.39. The van der Waals surface area contributed by atoms with E-state index in [1.807, 2.05) is 6.07 Å². The summed E-state index contributed by atoms with van der Waals surface area (Å²) in [6, 6.07) is 3.60. The highest BCUT2D eigenvalue weighted by molar-refractivity contribution is 6.09. The molecule has 9 nitrogen and oxygen atoms in total. The van der Waals surface area contributed by atoms with Crippen molar-refractivity contribution in [3.8, 4) is 0 Å². The van der Waals surface area contributed by atoms with Crippen molar-refractivity contribution in [3.63, 3.8) is 0 Å². The van der Waals surface area contributed by atoms with Crippen molar-refractivity contribution < 1.29 is 9.53 Å². The van der Waals surface area contributed by atoms with Gasteiger partial charge in [0, 0.05) is 32.0 Å². The van der Waals surface area contributed by atoms with Gasteiger partial charge in [0.25, 0.3) is 5.91 Å². The van der Waals surface area contributed by atoms with E-state index in [1.165, 1.54) is 12.8 Å². The van der Waals surface area contributed by atoms with Crippen molar-refractivity contribution in [2.24, 2.45) is 5.92 Å². The zero-order valence-corrected chi connectivity index (χ0v) is 16.0. The number of imidazole rings is 1. The Morgan fingerprint density at radius 2 is 2.03 bits per heavy atom. The highest BCUT2D eigenvalue weighted by atomic mass is 16.5. The molecule has 3 aromatic heterocycles. The molecule has 29 heavy (non-hydrogen) atoms. The summed E-state index contributed by atoms with van der Waals surface area (Å²) in [5, 5.41) is 10.7. The number of anilines is 3. The van der Waals surface area contributed by atoms with Gasteiger partial charge in [-0.05, 0) is 30.9 Å². The summed E-state index contributed by atoms with van der Waals surface area (Å²) in [5.74, 6) is 1.30. The molecule has 150 valence electrons. The molecule has 9 heteroatoms. The summed E-state index contributed by atoms with van der Waals surface area (Å²) in [5.41, 5.74) is 2.61. The van der Waals surface area contributed by atoms with E-state index < -0.39 is 0 Å². The van der Waals surface area contributed by atoms with Crippen molar-refractivity contribution in [2.75, 3.05) is 48.4 Å². The number of nitrogens with one attached hydrogen (secondary N) is 2. The van der Waals surface area contributed by atoms with Gasteiger partial charge in [0.05, 0.1) is 42.5 Å². The van der Waals surface area contributed by atoms with Gasteiger partial charge in [-0.2, -0.15) is 9.61 Å². The molecular formula is C20H23N7O2. The van der Waals surface area contributed by atoms with Crippen molar-refractivity contribution in [3.05, 3.63) is 42.5 Å². The van der Waals surface area contributed by atoms with E-state index in [9.17, 15) is 4.79 Å². The quantitative estimate of drug-likeness (QED) is 0.661. The Balaban J connectivity index is 1.39. The SMILES string of the molecule is O=C(Nc1cnccc1N1CCOCC1)c1ccnn2c(NCC3CC3)cnc12. The summed E-state index contributed by atoms with van der Waals surface area (Å²) < 4.78 is 7.12. The van der Waals surface area contributed by atoms with Crippen LogP contribution in [0.25, 0.3) is 5.65 Å². The number of morpholine rings is 1. The molecule has 1 saturated heterocycles. The van der Waals surface area contributed by atoms with Gasteiger partial charge in [-0.1, -0.05) is 0 Å². The van der Waals surface area contributed by atoms with Crippen LogP contribution in [0.3, 0.4) is 0 Å². The number of carbonyl (C=O) groups excluding carboxylic acids is 1. The van der Waals surface area contributed by atoms with Gasteiger partial charge in [0.2, 0.25) is 0 Å². The Morgan fingerprint density at radius 3 is 2.86 bits per heavy atom. The van der Waals surface area contributed by atoms with Crippen molar-refractivity contribution in [1.82, 2.24) is 19.6 Å². The van der Waals surface area contributed by atoms with Crippen LogP contribution in [0.5, 0.6) is 0 Å². The summed E-state index contributed by atoms with van der Waals surface area (Å²) in [7, 11) is 0. The Kier molecular flexibility index (Phi) is 4.73. The molecule has 5 rings (SSSR count). The molecular weight excluding hydrogens is 370 g/mol. The molecule has 2 aliphatic rings. The minimum Gasteiger partial charge on any atom is -0.378 e. The number of carbonyl (C=O) groups is 1. The summed E-state index contributed by atoms with van der Waals surface area (Å²) in [6.45, 7) is 3.81. The molecule has 1 amide bonds. The predicted octanol–water partition coefficient (Wildman–Crippen LogP) is 2.04. The van der Waals surface area contributed by atoms with Crippen LogP contribution < -0.4 is 15.5 Å². The Hall–Kier alpha value is -3.20. The fourth-order valence-corrected chi connectivity index (χ4v) is 3.52. The highest BCUT2D eigenvalue weighted by Crippen LogP contribution is 2.29. The van der Waals surface area contributed by atoms with Crippen LogP contribution in [0.2, 0.25) is 0 Å². The third-order valence-electron chi connectivity index (χ3n) is 5.31. The maximum absolute atomic E-state index is 13.1. The number of aromatic nitrogens is 4. The highest BCUT2D eigenvalue weighted by Gasteiger charge is 2.22. The molecule has 0 unspecified atom stereocenters. The fourth-order valence-electron chi connectivity index (χ4n) is 3.52. The number of amides is 1. The van der Waals surface area contributed by atoms with Crippen molar-refractivity contribution >= 4 is 28.7 Å². The maximum Gasteiger partial charge on any atom is 0.259 e. The molecule has 1 aliphatic heterocycles. The summed E-state index contributed by atoms with van der Waals surface area (Å²) in [6.07, 6.45) is 9.29. The predicted molar refractivity (Wildman–Crippen MR) is 109 cm³/mol. The van der Waals surface area contributed by atoms with Gasteiger partial charge in [0.15, 0.2) is 5.65 Å². The topological polar surface area (TPSA) is 96.7 Å². The monoisotopic (exact) mass is 393 g/mol. The molecule has 0 bridgehead atoms. The lowest BCUT2D eigenvalue weighted by atomic mass is 10.2. The number of nitrogens with zero attached hydrogens (tertiary/aromatic N) is 5. The number of pyridine rings is 1. The number of rotatable bonds is 6. The van der Waals surface area contributed by atoms with E-state index in [-0.39, 0.29) is 5.91 Å². The van der Waals surface area contributed by atoms with Gasteiger partial charge in [-0.25, -0.2) is 4.98 Å². The van der Waals surface area contributed by atoms with E-state index in [0.717, 1.165) is 37.1 Å². The van der Waals surface area contributed by atoms with Crippen LogP contribution in [-0.2, 0) is 4.74 Å². The number of ether oxygens (including phenoxy) is 1. The van der Waals surface area contributed by atoms with Gasteiger partial charge in [-0.15, -0.1) is 0 Å². The minimum absolute atomic E-state index is 0.237. The number of hydrogen-bond donors (Lipinski definition) is 2. The zero-order valence-electron chi connectivity index (χ0n) is 16.0. The van der Waals surface area contributed by atoms with Crippen LogP contribution in [0.15, 0.2) is 36.9 Å². The molecule has 3 aromatic rings. The maximum atomic E-state index is 13.1. The van der Waals surface area contributed by atoms with E-state index >= 15 is 0 Å². The average molecular weight is 393 g/mol. The molecule has 4 heterocycles. The van der Waals surface area contributed by atoms with Crippen LogP contribution >= 0.6 is 0 Å². The molecule has 0 aromatic carbocycles. The lowest BCUT2D eigenvalue weighted by Gasteiger charge is -2.30. The lowest BCUT2D eigenvalue weighted by molar-refractivity contribution is 0.102.